The summed E-state index contributed by atoms with van der Waals surface area (Å²) in [4.78, 5) is 10.5. The minimum atomic E-state index is -1.04. The molecule has 0 unspecified atom stereocenters. The number of carbonyl (C=O) groups is 1. The first kappa shape index (κ1) is 10.5. The van der Waals surface area contributed by atoms with E-state index < -0.39 is 5.97 Å². The van der Waals surface area contributed by atoms with Crippen molar-refractivity contribution in [1.82, 2.24) is 5.32 Å². The van der Waals surface area contributed by atoms with Crippen molar-refractivity contribution in [3.63, 3.8) is 0 Å². The molecule has 0 aliphatic rings. The first-order chi connectivity index (χ1) is 6.74. The van der Waals surface area contributed by atoms with Crippen molar-refractivity contribution in [2.24, 2.45) is 0 Å². The van der Waals surface area contributed by atoms with Crippen molar-refractivity contribution in [3.05, 3.63) is 36.3 Å². The Morgan fingerprint density at radius 2 is 2.43 bits per heavy atom. The van der Waals surface area contributed by atoms with E-state index in [4.69, 9.17) is 9.52 Å². The standard InChI is InChI=1S/C10H13NO3/c1-2-3-6-11-7-8-4-5-9(14-8)10(12)13/h2,4-5,11H,1,3,6-7H2,(H,12,13). The van der Waals surface area contributed by atoms with Crippen LogP contribution in [0.4, 0.5) is 0 Å². The van der Waals surface area contributed by atoms with E-state index in [1.165, 1.54) is 6.07 Å². The van der Waals surface area contributed by atoms with Crippen LogP contribution < -0.4 is 5.32 Å². The van der Waals surface area contributed by atoms with Crippen LogP contribution in [0.15, 0.2) is 29.2 Å². The lowest BCUT2D eigenvalue weighted by Gasteiger charge is -1.98. The van der Waals surface area contributed by atoms with Gasteiger partial charge in [-0.15, -0.1) is 6.58 Å². The van der Waals surface area contributed by atoms with Gasteiger partial charge in [0.2, 0.25) is 5.76 Å². The normalized spacial score (nSPS) is 10.0. The van der Waals surface area contributed by atoms with Gasteiger partial charge in [-0.25, -0.2) is 4.79 Å². The smallest absolute Gasteiger partial charge is 0.371 e. The molecule has 0 aliphatic carbocycles. The van der Waals surface area contributed by atoms with Crippen LogP contribution >= 0.6 is 0 Å². The van der Waals surface area contributed by atoms with Crippen molar-refractivity contribution < 1.29 is 14.3 Å². The Morgan fingerprint density at radius 1 is 1.64 bits per heavy atom. The molecule has 0 radical (unpaired) electrons. The molecule has 2 N–H and O–H groups in total. The molecule has 1 rings (SSSR count). The molecule has 4 heteroatoms. The average Bonchev–Trinajstić information content (AvgIpc) is 2.61. The van der Waals surface area contributed by atoms with E-state index in [1.807, 2.05) is 6.08 Å². The quantitative estimate of drug-likeness (QED) is 0.535. The summed E-state index contributed by atoms with van der Waals surface area (Å²) in [6.45, 7) is 4.95. The Balaban J connectivity index is 2.36. The molecule has 4 nitrogen and oxygen atoms in total. The van der Waals surface area contributed by atoms with E-state index in [9.17, 15) is 4.79 Å². The maximum Gasteiger partial charge on any atom is 0.371 e. The number of aromatic carboxylic acids is 1. The fourth-order valence-corrected chi connectivity index (χ4v) is 1.00. The zero-order valence-corrected chi connectivity index (χ0v) is 7.82. The van der Waals surface area contributed by atoms with E-state index >= 15 is 0 Å². The average molecular weight is 195 g/mol. The van der Waals surface area contributed by atoms with Crippen LogP contribution in [-0.4, -0.2) is 17.6 Å². The Hall–Kier alpha value is -1.55. The second-order valence-electron chi connectivity index (χ2n) is 2.83. The number of furan rings is 1. The molecule has 0 atom stereocenters. The predicted molar refractivity (Wildman–Crippen MR) is 52.2 cm³/mol. The highest BCUT2D eigenvalue weighted by Crippen LogP contribution is 2.07. The van der Waals surface area contributed by atoms with E-state index in [0.29, 0.717) is 12.3 Å². The predicted octanol–water partition coefficient (Wildman–Crippen LogP) is 1.64. The van der Waals surface area contributed by atoms with Gasteiger partial charge in [-0.2, -0.15) is 0 Å². The molecule has 76 valence electrons. The van der Waals surface area contributed by atoms with Crippen molar-refractivity contribution in [3.8, 4) is 0 Å². The molecule has 0 aliphatic heterocycles. The molecular weight excluding hydrogens is 182 g/mol. The zero-order chi connectivity index (χ0) is 10.4. The van der Waals surface area contributed by atoms with Crippen molar-refractivity contribution >= 4 is 5.97 Å². The summed E-state index contributed by atoms with van der Waals surface area (Å²) in [5.41, 5.74) is 0. The van der Waals surface area contributed by atoms with Gasteiger partial charge in [-0.3, -0.25) is 0 Å². The number of rotatable bonds is 6. The Bertz CT molecular complexity index is 317. The van der Waals surface area contributed by atoms with Gasteiger partial charge in [-0.1, -0.05) is 6.08 Å². The van der Waals surface area contributed by atoms with E-state index in [-0.39, 0.29) is 5.76 Å². The van der Waals surface area contributed by atoms with E-state index in [1.54, 1.807) is 6.07 Å². The summed E-state index contributed by atoms with van der Waals surface area (Å²) < 4.78 is 5.04. The number of nitrogens with one attached hydrogen (secondary N) is 1. The molecule has 0 fully saturated rings. The summed E-state index contributed by atoms with van der Waals surface area (Å²) in [5, 5.41) is 11.7. The Morgan fingerprint density at radius 3 is 3.00 bits per heavy atom. The molecule has 0 aromatic carbocycles. The van der Waals surface area contributed by atoms with Gasteiger partial charge in [0.15, 0.2) is 0 Å². The van der Waals surface area contributed by atoms with Gasteiger partial charge < -0.3 is 14.8 Å². The van der Waals surface area contributed by atoms with Crippen LogP contribution in [0.3, 0.4) is 0 Å². The monoisotopic (exact) mass is 195 g/mol. The van der Waals surface area contributed by atoms with Crippen LogP contribution in [0.1, 0.15) is 22.7 Å². The van der Waals surface area contributed by atoms with Crippen molar-refractivity contribution in [2.75, 3.05) is 6.54 Å². The highest BCUT2D eigenvalue weighted by molar-refractivity contribution is 5.84. The first-order valence-corrected chi connectivity index (χ1v) is 4.37. The minimum Gasteiger partial charge on any atom is -0.475 e. The second kappa shape index (κ2) is 5.24. The van der Waals surface area contributed by atoms with Gasteiger partial charge >= 0.3 is 5.97 Å². The molecular formula is C10H13NO3. The number of carboxylic acid groups (broad SMARTS) is 1. The lowest BCUT2D eigenvalue weighted by atomic mass is 10.4. The van der Waals surface area contributed by atoms with E-state index in [0.717, 1.165) is 13.0 Å². The maximum atomic E-state index is 10.5. The third-order valence-corrected chi connectivity index (χ3v) is 1.70. The number of carboxylic acids is 1. The van der Waals surface area contributed by atoms with E-state index in [2.05, 4.69) is 11.9 Å². The number of hydrogen-bond acceptors (Lipinski definition) is 3. The van der Waals surface area contributed by atoms with Crippen LogP contribution in [0, 0.1) is 0 Å². The Kier molecular flexibility index (Phi) is 3.94. The van der Waals surface area contributed by atoms with Gasteiger partial charge in [0.25, 0.3) is 0 Å². The number of hydrogen-bond donors (Lipinski definition) is 2. The summed E-state index contributed by atoms with van der Waals surface area (Å²) in [6.07, 6.45) is 2.70. The molecule has 1 aromatic heterocycles. The highest BCUT2D eigenvalue weighted by atomic mass is 16.4. The first-order valence-electron chi connectivity index (χ1n) is 4.37. The zero-order valence-electron chi connectivity index (χ0n) is 7.82. The fourth-order valence-electron chi connectivity index (χ4n) is 1.00. The van der Waals surface area contributed by atoms with Gasteiger partial charge in [0.05, 0.1) is 6.54 Å². The molecule has 0 bridgehead atoms. The van der Waals surface area contributed by atoms with Crippen LogP contribution in [0.25, 0.3) is 0 Å². The second-order valence-corrected chi connectivity index (χ2v) is 2.83. The van der Waals surface area contributed by atoms with Crippen LogP contribution in [-0.2, 0) is 6.54 Å². The van der Waals surface area contributed by atoms with Crippen LogP contribution in [0.2, 0.25) is 0 Å². The molecule has 1 heterocycles. The Labute approximate surface area is 82.2 Å². The van der Waals surface area contributed by atoms with Crippen LogP contribution in [0.5, 0.6) is 0 Å². The summed E-state index contributed by atoms with van der Waals surface area (Å²) in [5.74, 6) is -0.431. The third-order valence-electron chi connectivity index (χ3n) is 1.70. The highest BCUT2D eigenvalue weighted by Gasteiger charge is 2.07. The third kappa shape index (κ3) is 3.06. The molecule has 0 spiro atoms. The molecule has 0 saturated heterocycles. The topological polar surface area (TPSA) is 62.5 Å². The largest absolute Gasteiger partial charge is 0.475 e. The van der Waals surface area contributed by atoms with Gasteiger partial charge in [-0.05, 0) is 25.1 Å². The van der Waals surface area contributed by atoms with Crippen molar-refractivity contribution in [1.29, 1.82) is 0 Å². The van der Waals surface area contributed by atoms with Gasteiger partial charge in [0.1, 0.15) is 5.76 Å². The summed E-state index contributed by atoms with van der Waals surface area (Å²) in [7, 11) is 0. The maximum absolute atomic E-state index is 10.5. The van der Waals surface area contributed by atoms with Gasteiger partial charge in [0, 0.05) is 0 Å². The SMILES string of the molecule is C=CCCNCc1ccc(C(=O)O)o1. The summed E-state index contributed by atoms with van der Waals surface area (Å²) >= 11 is 0. The van der Waals surface area contributed by atoms with Crippen molar-refractivity contribution in [2.45, 2.75) is 13.0 Å². The lowest BCUT2D eigenvalue weighted by molar-refractivity contribution is 0.0660. The molecule has 14 heavy (non-hydrogen) atoms. The molecule has 0 saturated carbocycles. The molecule has 1 aromatic rings. The fraction of sp³-hybridized carbons (Fsp3) is 0.300. The lowest BCUT2D eigenvalue weighted by Crippen LogP contribution is -2.13. The molecule has 0 amide bonds. The summed E-state index contributed by atoms with van der Waals surface area (Å²) in [6, 6.07) is 3.11. The minimum absolute atomic E-state index is 0.0227.